The average molecular weight is 423 g/mol. The van der Waals surface area contributed by atoms with Crippen molar-refractivity contribution in [2.75, 3.05) is 0 Å². The molecule has 2 aliphatic heterocycles. The van der Waals surface area contributed by atoms with Crippen LogP contribution < -0.4 is 10.6 Å². The molecule has 4 amide bonds. The number of rotatable bonds is 5. The Morgan fingerprint density at radius 3 is 2.65 bits per heavy atom. The molecule has 8 nitrogen and oxygen atoms in total. The molecule has 2 heterocycles. The minimum Gasteiger partial charge on any atom is -0.345 e. The molecule has 0 aromatic heterocycles. The predicted octanol–water partition coefficient (Wildman–Crippen LogP) is 1.09. The second-order valence-corrected chi connectivity index (χ2v) is 7.38. The number of hydrogen-bond donors (Lipinski definition) is 2. The normalized spacial score (nSPS) is 17.9. The van der Waals surface area contributed by atoms with Crippen molar-refractivity contribution in [1.29, 1.82) is 0 Å². The van der Waals surface area contributed by atoms with Crippen LogP contribution in [-0.4, -0.2) is 40.4 Å². The van der Waals surface area contributed by atoms with Gasteiger partial charge >= 0.3 is 0 Å². The van der Waals surface area contributed by atoms with Gasteiger partial charge < -0.3 is 10.2 Å². The highest BCUT2D eigenvalue weighted by Gasteiger charge is 2.39. The van der Waals surface area contributed by atoms with Gasteiger partial charge in [-0.15, -0.1) is 0 Å². The van der Waals surface area contributed by atoms with Crippen LogP contribution in [0.4, 0.5) is 4.39 Å². The topological polar surface area (TPSA) is 113 Å². The smallest absolute Gasteiger partial charge is 0.292 e. The Kier molecular flexibility index (Phi) is 5.33. The number of amides is 4. The number of imide groups is 1. The third kappa shape index (κ3) is 3.94. The summed E-state index contributed by atoms with van der Waals surface area (Å²) >= 11 is 0. The van der Waals surface area contributed by atoms with Crippen LogP contribution in [0.1, 0.15) is 44.7 Å². The van der Waals surface area contributed by atoms with E-state index in [1.807, 2.05) is 0 Å². The maximum atomic E-state index is 13.7. The van der Waals surface area contributed by atoms with Gasteiger partial charge in [0.2, 0.25) is 11.8 Å². The molecule has 2 aliphatic rings. The number of fused-ring (bicyclic) bond motifs is 1. The van der Waals surface area contributed by atoms with Gasteiger partial charge in [-0.2, -0.15) is 0 Å². The van der Waals surface area contributed by atoms with E-state index < -0.39 is 29.5 Å². The fourth-order valence-corrected chi connectivity index (χ4v) is 3.77. The van der Waals surface area contributed by atoms with Crippen LogP contribution in [0, 0.1) is 5.82 Å². The molecule has 0 saturated carbocycles. The molecule has 9 heteroatoms. The molecule has 1 unspecified atom stereocenters. The van der Waals surface area contributed by atoms with Crippen LogP contribution in [0.3, 0.4) is 0 Å². The van der Waals surface area contributed by atoms with E-state index in [1.54, 1.807) is 18.2 Å². The number of Topliss-reactive ketones (excluding diaryl/α,β-unsaturated/α-hetero) is 1. The zero-order chi connectivity index (χ0) is 22.1. The monoisotopic (exact) mass is 423 g/mol. The summed E-state index contributed by atoms with van der Waals surface area (Å²) in [4.78, 5) is 61.8. The molecule has 0 spiro atoms. The third-order valence-corrected chi connectivity index (χ3v) is 5.37. The molecule has 2 aromatic rings. The van der Waals surface area contributed by atoms with Gasteiger partial charge in [-0.25, -0.2) is 4.39 Å². The highest BCUT2D eigenvalue weighted by atomic mass is 19.1. The Balaban J connectivity index is 1.42. The number of ketones is 1. The minimum atomic E-state index is -0.974. The summed E-state index contributed by atoms with van der Waals surface area (Å²) in [7, 11) is 0. The first kappa shape index (κ1) is 20.4. The lowest BCUT2D eigenvalue weighted by molar-refractivity contribution is -0.137. The highest BCUT2D eigenvalue weighted by Crippen LogP contribution is 2.28. The largest absolute Gasteiger partial charge is 0.345 e. The molecule has 4 rings (SSSR count). The molecule has 1 fully saturated rings. The lowest BCUT2D eigenvalue weighted by Crippen LogP contribution is -2.52. The molecule has 1 saturated heterocycles. The number of piperidine rings is 1. The van der Waals surface area contributed by atoms with E-state index in [0.717, 1.165) is 6.07 Å². The number of benzene rings is 2. The predicted molar refractivity (Wildman–Crippen MR) is 105 cm³/mol. The molecular formula is C22H18FN3O5. The Labute approximate surface area is 176 Å². The third-order valence-electron chi connectivity index (χ3n) is 5.37. The molecule has 31 heavy (non-hydrogen) atoms. The first-order valence-corrected chi connectivity index (χ1v) is 9.68. The van der Waals surface area contributed by atoms with Gasteiger partial charge in [0.15, 0.2) is 0 Å². The minimum absolute atomic E-state index is 0.0128. The standard InChI is InChI=1S/C22H18FN3O5/c23-16-4-2-1-3-15(16)19(28)21(30)24-10-12-5-6-14-13(9-12)11-26(22(14)31)17-7-8-18(27)25-20(17)29/h1-6,9,17H,7-8,10-11H2,(H,24,30)(H,25,27,29). The van der Waals surface area contributed by atoms with E-state index in [-0.39, 0.29) is 43.3 Å². The zero-order valence-electron chi connectivity index (χ0n) is 16.3. The average Bonchev–Trinajstić information content (AvgIpc) is 3.07. The number of halogens is 1. The van der Waals surface area contributed by atoms with Crippen LogP contribution in [-0.2, 0) is 27.5 Å². The fourth-order valence-electron chi connectivity index (χ4n) is 3.77. The Bertz CT molecular complexity index is 1130. The van der Waals surface area contributed by atoms with Crippen molar-refractivity contribution in [3.63, 3.8) is 0 Å². The fraction of sp³-hybridized carbons (Fsp3) is 0.227. The maximum absolute atomic E-state index is 13.7. The van der Waals surface area contributed by atoms with Crippen molar-refractivity contribution in [2.45, 2.75) is 32.0 Å². The van der Waals surface area contributed by atoms with E-state index in [4.69, 9.17) is 0 Å². The van der Waals surface area contributed by atoms with E-state index >= 15 is 0 Å². The van der Waals surface area contributed by atoms with Crippen LogP contribution in [0.2, 0.25) is 0 Å². The SMILES string of the molecule is O=C1CCC(N2Cc3cc(CNC(=O)C(=O)c4ccccc4F)ccc3C2=O)C(=O)N1. The molecule has 2 aromatic carbocycles. The first-order chi connectivity index (χ1) is 14.8. The molecule has 2 N–H and O–H groups in total. The lowest BCUT2D eigenvalue weighted by atomic mass is 10.0. The molecular weight excluding hydrogens is 405 g/mol. The van der Waals surface area contributed by atoms with Crippen molar-refractivity contribution in [2.24, 2.45) is 0 Å². The van der Waals surface area contributed by atoms with Gasteiger partial charge in [-0.3, -0.25) is 29.3 Å². The molecule has 1 atom stereocenters. The number of nitrogens with zero attached hydrogens (tertiary/aromatic N) is 1. The number of carbonyl (C=O) groups is 5. The quantitative estimate of drug-likeness (QED) is 0.425. The van der Waals surface area contributed by atoms with Gasteiger partial charge in [-0.1, -0.05) is 24.3 Å². The van der Waals surface area contributed by atoms with Crippen LogP contribution in [0.5, 0.6) is 0 Å². The molecule has 0 radical (unpaired) electrons. The van der Waals surface area contributed by atoms with Crippen molar-refractivity contribution < 1.29 is 28.4 Å². The molecule has 0 aliphatic carbocycles. The second-order valence-electron chi connectivity index (χ2n) is 7.38. The highest BCUT2D eigenvalue weighted by molar-refractivity contribution is 6.42. The van der Waals surface area contributed by atoms with Gasteiger partial charge in [0, 0.05) is 25.1 Å². The van der Waals surface area contributed by atoms with Gasteiger partial charge in [0.25, 0.3) is 17.6 Å². The Morgan fingerprint density at radius 1 is 1.13 bits per heavy atom. The van der Waals surface area contributed by atoms with Gasteiger partial charge in [0.05, 0.1) is 5.56 Å². The van der Waals surface area contributed by atoms with Crippen LogP contribution in [0.15, 0.2) is 42.5 Å². The van der Waals surface area contributed by atoms with E-state index in [0.29, 0.717) is 16.7 Å². The summed E-state index contributed by atoms with van der Waals surface area (Å²) in [5, 5.41) is 4.71. The van der Waals surface area contributed by atoms with E-state index in [9.17, 15) is 28.4 Å². The summed E-state index contributed by atoms with van der Waals surface area (Å²) in [6.45, 7) is 0.218. The maximum Gasteiger partial charge on any atom is 0.292 e. The lowest BCUT2D eigenvalue weighted by Gasteiger charge is -2.29. The van der Waals surface area contributed by atoms with Crippen molar-refractivity contribution in [1.82, 2.24) is 15.5 Å². The Hall–Kier alpha value is -3.88. The molecule has 0 bridgehead atoms. The van der Waals surface area contributed by atoms with Crippen LogP contribution >= 0.6 is 0 Å². The number of hydrogen-bond acceptors (Lipinski definition) is 5. The summed E-state index contributed by atoms with van der Waals surface area (Å²) in [5.41, 5.74) is 1.47. The summed E-state index contributed by atoms with van der Waals surface area (Å²) < 4.78 is 13.7. The van der Waals surface area contributed by atoms with Crippen molar-refractivity contribution in [3.05, 3.63) is 70.5 Å². The summed E-state index contributed by atoms with van der Waals surface area (Å²) in [6, 6.07) is 9.48. The van der Waals surface area contributed by atoms with E-state index in [1.165, 1.54) is 23.1 Å². The Morgan fingerprint density at radius 2 is 1.90 bits per heavy atom. The van der Waals surface area contributed by atoms with Crippen LogP contribution in [0.25, 0.3) is 0 Å². The second kappa shape index (κ2) is 8.10. The summed E-state index contributed by atoms with van der Waals surface area (Å²) in [6.07, 6.45) is 0.440. The van der Waals surface area contributed by atoms with Crippen molar-refractivity contribution >= 4 is 29.4 Å². The van der Waals surface area contributed by atoms with E-state index in [2.05, 4.69) is 10.6 Å². The van der Waals surface area contributed by atoms with Gasteiger partial charge in [-0.05, 0) is 35.7 Å². The first-order valence-electron chi connectivity index (χ1n) is 9.68. The van der Waals surface area contributed by atoms with Crippen molar-refractivity contribution in [3.8, 4) is 0 Å². The number of carbonyl (C=O) groups excluding carboxylic acids is 5. The van der Waals surface area contributed by atoms with Gasteiger partial charge in [0.1, 0.15) is 11.9 Å². The number of nitrogens with one attached hydrogen (secondary N) is 2. The summed E-state index contributed by atoms with van der Waals surface area (Å²) in [5.74, 6) is -3.82. The zero-order valence-corrected chi connectivity index (χ0v) is 16.3. The molecule has 158 valence electrons.